The van der Waals surface area contributed by atoms with Gasteiger partial charge in [0.2, 0.25) is 7.59 Å². The molecule has 3 rings (SSSR count). The van der Waals surface area contributed by atoms with Gasteiger partial charge in [0.25, 0.3) is 0 Å². The van der Waals surface area contributed by atoms with Crippen LogP contribution in [0.2, 0.25) is 0 Å². The maximum atomic E-state index is 6.01. The van der Waals surface area contributed by atoms with Crippen LogP contribution in [-0.2, 0) is 0 Å². The molecule has 0 amide bonds. The lowest BCUT2D eigenvalue weighted by Gasteiger charge is -2.28. The molecule has 0 radical (unpaired) electrons. The van der Waals surface area contributed by atoms with E-state index in [0.29, 0.717) is 5.82 Å². The number of hydrogen-bond donors (Lipinski definition) is 0. The van der Waals surface area contributed by atoms with E-state index in [1.54, 1.807) is 7.11 Å². The Hall–Kier alpha value is -0.750. The molecular formula is C17H11Cl6N3O. The molecule has 0 bridgehead atoms. The zero-order valence-electron chi connectivity index (χ0n) is 13.6. The van der Waals surface area contributed by atoms with Gasteiger partial charge in [-0.1, -0.05) is 93.9 Å². The molecule has 0 aliphatic heterocycles. The summed E-state index contributed by atoms with van der Waals surface area (Å²) in [4.78, 5) is 12.7. The van der Waals surface area contributed by atoms with Gasteiger partial charge in [0.1, 0.15) is 23.8 Å². The monoisotopic (exact) mass is 483 g/mol. The standard InChI is InChI=1S/C17H11Cl6N3O/c1-27-12-7-6-11(9-4-2-3-5-10(9)12)14-24-8-25-15(26-14)13(16(18,19)20)17(21,22)23/h2-8,13H,1H3. The number of ether oxygens (including phenoxy) is 1. The van der Waals surface area contributed by atoms with Crippen molar-refractivity contribution in [2.24, 2.45) is 0 Å². The van der Waals surface area contributed by atoms with Crippen LogP contribution in [0, 0.1) is 0 Å². The molecule has 1 aromatic heterocycles. The molecule has 0 aliphatic carbocycles. The number of rotatable bonds is 3. The maximum Gasteiger partial charge on any atom is 0.204 e. The molecule has 2 aromatic carbocycles. The highest BCUT2D eigenvalue weighted by molar-refractivity contribution is 6.73. The summed E-state index contributed by atoms with van der Waals surface area (Å²) in [6.07, 6.45) is 1.29. The zero-order chi connectivity index (χ0) is 19.8. The largest absolute Gasteiger partial charge is 0.496 e. The Balaban J connectivity index is 2.19. The van der Waals surface area contributed by atoms with Crippen molar-refractivity contribution in [1.29, 1.82) is 0 Å². The lowest BCUT2D eigenvalue weighted by molar-refractivity contribution is 0.420. The van der Waals surface area contributed by atoms with Crippen molar-refractivity contribution in [1.82, 2.24) is 15.0 Å². The predicted molar refractivity (Wildman–Crippen MR) is 113 cm³/mol. The van der Waals surface area contributed by atoms with Crippen LogP contribution in [0.15, 0.2) is 42.7 Å². The number of aromatic nitrogens is 3. The minimum Gasteiger partial charge on any atom is -0.496 e. The van der Waals surface area contributed by atoms with Gasteiger partial charge in [0, 0.05) is 10.9 Å². The van der Waals surface area contributed by atoms with Gasteiger partial charge in [-0.15, -0.1) is 0 Å². The topological polar surface area (TPSA) is 47.9 Å². The van der Waals surface area contributed by atoms with Gasteiger partial charge in [-0.3, -0.25) is 0 Å². The van der Waals surface area contributed by atoms with Crippen LogP contribution in [0.25, 0.3) is 22.2 Å². The van der Waals surface area contributed by atoms with Gasteiger partial charge in [-0.05, 0) is 17.5 Å². The van der Waals surface area contributed by atoms with Gasteiger partial charge < -0.3 is 4.74 Å². The van der Waals surface area contributed by atoms with Crippen LogP contribution in [0.1, 0.15) is 11.7 Å². The molecule has 0 atom stereocenters. The first kappa shape index (κ1) is 21.0. The fourth-order valence-corrected chi connectivity index (χ4v) is 4.77. The molecule has 27 heavy (non-hydrogen) atoms. The summed E-state index contributed by atoms with van der Waals surface area (Å²) in [7, 11) is 1.61. The first-order chi connectivity index (χ1) is 12.6. The maximum absolute atomic E-state index is 6.01. The number of benzene rings is 2. The zero-order valence-corrected chi connectivity index (χ0v) is 18.2. The normalized spacial score (nSPS) is 12.6. The second-order valence-corrected chi connectivity index (χ2v) is 10.3. The molecule has 0 saturated carbocycles. The number of nitrogens with zero attached hydrogens (tertiary/aromatic N) is 3. The van der Waals surface area contributed by atoms with Crippen molar-refractivity contribution >= 4 is 80.4 Å². The van der Waals surface area contributed by atoms with Crippen molar-refractivity contribution in [2.45, 2.75) is 13.5 Å². The molecule has 0 saturated heterocycles. The number of halogens is 6. The fourth-order valence-electron chi connectivity index (χ4n) is 2.70. The highest BCUT2D eigenvalue weighted by Crippen LogP contribution is 2.53. The molecule has 0 spiro atoms. The second-order valence-electron chi connectivity index (χ2n) is 5.54. The summed E-state index contributed by atoms with van der Waals surface area (Å²) in [5.74, 6) is -0.0670. The number of methoxy groups -OCH3 is 1. The summed E-state index contributed by atoms with van der Waals surface area (Å²) >= 11 is 36.1. The fraction of sp³-hybridized carbons (Fsp3) is 0.235. The van der Waals surface area contributed by atoms with Crippen LogP contribution < -0.4 is 4.74 Å². The summed E-state index contributed by atoms with van der Waals surface area (Å²) in [6.45, 7) is 0. The van der Waals surface area contributed by atoms with Crippen molar-refractivity contribution < 1.29 is 4.74 Å². The third-order valence-electron chi connectivity index (χ3n) is 3.85. The third kappa shape index (κ3) is 4.47. The molecule has 1 heterocycles. The Morgan fingerprint density at radius 3 is 2.07 bits per heavy atom. The number of hydrogen-bond acceptors (Lipinski definition) is 4. The van der Waals surface area contributed by atoms with E-state index in [1.165, 1.54) is 6.33 Å². The van der Waals surface area contributed by atoms with Crippen molar-refractivity contribution in [3.05, 3.63) is 48.5 Å². The number of fused-ring (bicyclic) bond motifs is 1. The Bertz CT molecular complexity index is 957. The van der Waals surface area contributed by atoms with Gasteiger partial charge >= 0.3 is 0 Å². The summed E-state index contributed by atoms with van der Waals surface area (Å²) < 4.78 is 1.53. The van der Waals surface area contributed by atoms with E-state index in [4.69, 9.17) is 74.3 Å². The molecule has 10 heteroatoms. The summed E-state index contributed by atoms with van der Waals surface area (Å²) in [5, 5.41) is 1.78. The molecule has 142 valence electrons. The van der Waals surface area contributed by atoms with Crippen molar-refractivity contribution in [2.75, 3.05) is 7.11 Å². The molecule has 4 nitrogen and oxygen atoms in total. The third-order valence-corrected chi connectivity index (χ3v) is 5.16. The first-order valence-corrected chi connectivity index (χ1v) is 9.78. The number of alkyl halides is 6. The minimum atomic E-state index is -1.94. The highest BCUT2D eigenvalue weighted by atomic mass is 35.6. The van der Waals surface area contributed by atoms with Gasteiger partial charge in [0.05, 0.1) is 7.11 Å². The van der Waals surface area contributed by atoms with E-state index < -0.39 is 13.5 Å². The van der Waals surface area contributed by atoms with Crippen LogP contribution in [0.5, 0.6) is 5.75 Å². The van der Waals surface area contributed by atoms with Crippen LogP contribution in [0.3, 0.4) is 0 Å². The molecule has 0 aliphatic rings. The average molecular weight is 486 g/mol. The lowest BCUT2D eigenvalue weighted by atomic mass is 10.0. The molecule has 0 unspecified atom stereocenters. The van der Waals surface area contributed by atoms with Crippen LogP contribution >= 0.6 is 69.6 Å². The predicted octanol–water partition coefficient (Wildman–Crippen LogP) is 6.52. The molecule has 3 aromatic rings. The van der Waals surface area contributed by atoms with E-state index in [9.17, 15) is 0 Å². The lowest BCUT2D eigenvalue weighted by Crippen LogP contribution is -2.31. The smallest absolute Gasteiger partial charge is 0.204 e. The van der Waals surface area contributed by atoms with E-state index in [0.717, 1.165) is 22.1 Å². The van der Waals surface area contributed by atoms with Gasteiger partial charge in [-0.25, -0.2) is 15.0 Å². The van der Waals surface area contributed by atoms with E-state index >= 15 is 0 Å². The first-order valence-electron chi connectivity index (χ1n) is 7.51. The summed E-state index contributed by atoms with van der Waals surface area (Å²) in [6, 6.07) is 11.3. The van der Waals surface area contributed by atoms with Gasteiger partial charge in [0.15, 0.2) is 5.82 Å². The Labute approximate surface area is 185 Å². The quantitative estimate of drug-likeness (QED) is 0.396. The van der Waals surface area contributed by atoms with Gasteiger partial charge in [-0.2, -0.15) is 0 Å². The van der Waals surface area contributed by atoms with Crippen LogP contribution in [0.4, 0.5) is 0 Å². The molecule has 0 fully saturated rings. The average Bonchev–Trinajstić information content (AvgIpc) is 2.58. The highest BCUT2D eigenvalue weighted by Gasteiger charge is 2.49. The Morgan fingerprint density at radius 1 is 0.852 bits per heavy atom. The second kappa shape index (κ2) is 7.94. The molecule has 0 N–H and O–H groups in total. The van der Waals surface area contributed by atoms with Crippen molar-refractivity contribution in [3.8, 4) is 17.1 Å². The Morgan fingerprint density at radius 2 is 1.48 bits per heavy atom. The van der Waals surface area contributed by atoms with Crippen LogP contribution in [-0.4, -0.2) is 29.6 Å². The van der Waals surface area contributed by atoms with Crippen molar-refractivity contribution in [3.63, 3.8) is 0 Å². The SMILES string of the molecule is COc1ccc(-c2ncnc(C(C(Cl)(Cl)Cl)C(Cl)(Cl)Cl)n2)c2ccccc12. The van der Waals surface area contributed by atoms with E-state index in [1.807, 2.05) is 36.4 Å². The summed E-state index contributed by atoms with van der Waals surface area (Å²) in [5.41, 5.74) is 0.738. The van der Waals surface area contributed by atoms with E-state index in [-0.39, 0.29) is 5.82 Å². The van der Waals surface area contributed by atoms with E-state index in [2.05, 4.69) is 15.0 Å². The molecular weight excluding hydrogens is 475 g/mol. The Kier molecular flexibility index (Phi) is 6.17. The minimum absolute atomic E-state index is 0.0555.